The molecular weight excluding hydrogens is 596 g/mol. The molecule has 1 aromatic heterocycles. The van der Waals surface area contributed by atoms with Gasteiger partial charge in [0.15, 0.2) is 11.5 Å². The first-order valence-electron chi connectivity index (χ1n) is 15.6. The van der Waals surface area contributed by atoms with E-state index >= 15 is 0 Å². The van der Waals surface area contributed by atoms with Crippen LogP contribution in [-0.2, 0) is 30.2 Å². The fourth-order valence-corrected chi connectivity index (χ4v) is 7.68. The van der Waals surface area contributed by atoms with Gasteiger partial charge in [-0.2, -0.15) is 0 Å². The molecule has 3 heterocycles. The van der Waals surface area contributed by atoms with E-state index in [1.54, 1.807) is 14.0 Å². The Morgan fingerprint density at radius 2 is 1.80 bits per heavy atom. The summed E-state index contributed by atoms with van der Waals surface area (Å²) in [6.45, 7) is 3.46. The Hall–Kier alpha value is -4.29. The third kappa shape index (κ3) is 5.75. The van der Waals surface area contributed by atoms with Crippen LogP contribution in [0, 0.1) is 17.8 Å². The minimum atomic E-state index is -0.880. The summed E-state index contributed by atoms with van der Waals surface area (Å²) in [4.78, 5) is 44.9. The normalized spacial score (nSPS) is 25.4. The number of benzene rings is 2. The van der Waals surface area contributed by atoms with Gasteiger partial charge in [-0.3, -0.25) is 9.69 Å². The lowest BCUT2D eigenvalue weighted by molar-refractivity contribution is -0.176. The van der Waals surface area contributed by atoms with Gasteiger partial charge in [-0.1, -0.05) is 0 Å². The van der Waals surface area contributed by atoms with E-state index in [-0.39, 0.29) is 47.5 Å². The first-order valence-corrected chi connectivity index (χ1v) is 15.6. The van der Waals surface area contributed by atoms with Crippen molar-refractivity contribution < 1.29 is 47.5 Å². The zero-order valence-electron chi connectivity index (χ0n) is 26.7. The predicted molar refractivity (Wildman–Crippen MR) is 165 cm³/mol. The van der Waals surface area contributed by atoms with E-state index in [1.165, 1.54) is 56.2 Å². The molecule has 6 unspecified atom stereocenters. The van der Waals surface area contributed by atoms with Crippen LogP contribution >= 0.6 is 0 Å². The minimum absolute atomic E-state index is 0.0418. The average molecular weight is 637 g/mol. The first-order chi connectivity index (χ1) is 22.3. The summed E-state index contributed by atoms with van der Waals surface area (Å²) in [5, 5.41) is 1.20. The Kier molecular flexibility index (Phi) is 9.10. The van der Waals surface area contributed by atoms with Crippen LogP contribution < -0.4 is 14.2 Å². The molecule has 0 amide bonds. The Morgan fingerprint density at radius 1 is 0.978 bits per heavy atom. The number of ether oxygens (including phenoxy) is 7. The molecule has 1 N–H and O–H groups in total. The summed E-state index contributed by atoms with van der Waals surface area (Å²) in [6, 6.07) is 10.6. The summed E-state index contributed by atoms with van der Waals surface area (Å²) >= 11 is 0. The monoisotopic (exact) mass is 636 g/mol. The van der Waals surface area contributed by atoms with Crippen LogP contribution in [0.1, 0.15) is 47.4 Å². The summed E-state index contributed by atoms with van der Waals surface area (Å²) in [6.07, 6.45) is -0.0966. The molecule has 2 fully saturated rings. The maximum Gasteiger partial charge on any atom is 0.513 e. The number of esters is 2. The van der Waals surface area contributed by atoms with Crippen LogP contribution in [0.15, 0.2) is 36.4 Å². The predicted octanol–water partition coefficient (Wildman–Crippen LogP) is 4.69. The summed E-state index contributed by atoms with van der Waals surface area (Å²) in [5.74, 6) is -0.513. The van der Waals surface area contributed by atoms with Gasteiger partial charge in [0.25, 0.3) is 0 Å². The molecule has 46 heavy (non-hydrogen) atoms. The number of hydrogen-bond donors (Lipinski definition) is 1. The number of carbonyl (C=O) groups excluding carboxylic acids is 3. The second-order valence-corrected chi connectivity index (χ2v) is 11.9. The third-order valence-electron chi connectivity index (χ3n) is 9.71. The molecule has 1 aliphatic carbocycles. The number of rotatable bonds is 8. The number of hydrogen-bond acceptors (Lipinski definition) is 11. The van der Waals surface area contributed by atoms with Gasteiger partial charge in [-0.15, -0.1) is 0 Å². The van der Waals surface area contributed by atoms with Gasteiger partial charge in [-0.05, 0) is 73.9 Å². The van der Waals surface area contributed by atoms with E-state index < -0.39 is 30.3 Å². The fraction of sp³-hybridized carbons (Fsp3) is 0.500. The number of fused-ring (bicyclic) bond motifs is 6. The molecule has 12 heteroatoms. The number of aromatic amines is 1. The van der Waals surface area contributed by atoms with Crippen molar-refractivity contribution in [1.29, 1.82) is 0 Å². The van der Waals surface area contributed by atoms with Gasteiger partial charge in [0.2, 0.25) is 0 Å². The topological polar surface area (TPSA) is 135 Å². The van der Waals surface area contributed by atoms with Crippen LogP contribution in [0.5, 0.6) is 17.2 Å². The number of carbonyl (C=O) groups is 3. The number of methoxy groups -OCH3 is 4. The Labute approximate surface area is 267 Å². The molecule has 3 aromatic rings. The summed E-state index contributed by atoms with van der Waals surface area (Å²) < 4.78 is 38.1. The quantitative estimate of drug-likeness (QED) is 0.210. The number of aromatic nitrogens is 1. The number of piperidine rings is 1. The van der Waals surface area contributed by atoms with Crippen molar-refractivity contribution >= 4 is 29.0 Å². The summed E-state index contributed by atoms with van der Waals surface area (Å²) in [5.41, 5.74) is 3.73. The third-order valence-corrected chi connectivity index (χ3v) is 9.71. The van der Waals surface area contributed by atoms with Crippen molar-refractivity contribution in [2.45, 2.75) is 44.4 Å². The standard InChI is InChI=1S/C34H40N2O10/c1-6-44-34(39)46-26-10-7-18(13-27(26)41-3)32(37)45-28-14-19-17-36-12-11-22-21-9-8-20(40-2)15-24(21)35-30(22)25(36)16-23(19)29(31(28)42-4)33(38)43-5/h7-10,13,15,19,23,25,28-29,31,35H,6,11-12,14,16-17H2,1-5H3. The molecule has 246 valence electrons. The van der Waals surface area contributed by atoms with Crippen LogP contribution in [0.25, 0.3) is 10.9 Å². The molecule has 12 nitrogen and oxygen atoms in total. The molecule has 1 saturated heterocycles. The Balaban J connectivity index is 1.25. The lowest BCUT2D eigenvalue weighted by Gasteiger charge is -2.52. The van der Waals surface area contributed by atoms with E-state index in [0.29, 0.717) is 6.42 Å². The molecular formula is C34H40N2O10. The number of H-pyrrole nitrogens is 1. The van der Waals surface area contributed by atoms with E-state index in [9.17, 15) is 14.4 Å². The molecule has 0 bridgehead atoms. The van der Waals surface area contributed by atoms with Crippen LogP contribution in [0.3, 0.4) is 0 Å². The molecule has 6 atom stereocenters. The molecule has 1 saturated carbocycles. The highest BCUT2D eigenvalue weighted by molar-refractivity contribution is 5.90. The van der Waals surface area contributed by atoms with Gasteiger partial charge in [0.05, 0.1) is 45.5 Å². The van der Waals surface area contributed by atoms with Crippen LogP contribution in [0.2, 0.25) is 0 Å². The van der Waals surface area contributed by atoms with Crippen molar-refractivity contribution in [3.05, 3.63) is 53.2 Å². The van der Waals surface area contributed by atoms with Crippen LogP contribution in [-0.4, -0.2) is 88.3 Å². The number of nitrogens with one attached hydrogen (secondary N) is 1. The highest BCUT2D eigenvalue weighted by atomic mass is 16.7. The largest absolute Gasteiger partial charge is 0.513 e. The SMILES string of the molecule is CCOC(=O)Oc1ccc(C(=O)OC2CC3CN4CCc5c([nH]c6cc(OC)ccc56)C4CC3C(C(=O)OC)C2OC)cc1OC. The van der Waals surface area contributed by atoms with Gasteiger partial charge in [0.1, 0.15) is 18.0 Å². The van der Waals surface area contributed by atoms with Crippen molar-refractivity contribution in [2.24, 2.45) is 17.8 Å². The highest BCUT2D eigenvalue weighted by Crippen LogP contribution is 2.50. The average Bonchev–Trinajstić information content (AvgIpc) is 3.45. The molecule has 0 spiro atoms. The van der Waals surface area contributed by atoms with Gasteiger partial charge < -0.3 is 38.1 Å². The van der Waals surface area contributed by atoms with E-state index in [1.807, 2.05) is 12.1 Å². The molecule has 2 aromatic carbocycles. The molecule has 0 radical (unpaired) electrons. The summed E-state index contributed by atoms with van der Waals surface area (Å²) in [7, 11) is 5.98. The van der Waals surface area contributed by atoms with E-state index in [2.05, 4.69) is 16.0 Å². The second kappa shape index (κ2) is 13.2. The van der Waals surface area contributed by atoms with E-state index in [0.717, 1.165) is 37.2 Å². The van der Waals surface area contributed by atoms with E-state index in [4.69, 9.17) is 33.2 Å². The molecule has 3 aliphatic rings. The highest BCUT2D eigenvalue weighted by Gasteiger charge is 2.54. The first kappa shape index (κ1) is 31.7. The van der Waals surface area contributed by atoms with Crippen molar-refractivity contribution in [3.63, 3.8) is 0 Å². The van der Waals surface area contributed by atoms with Gasteiger partial charge >= 0.3 is 18.1 Å². The zero-order valence-corrected chi connectivity index (χ0v) is 26.7. The van der Waals surface area contributed by atoms with Crippen LogP contribution in [0.4, 0.5) is 4.79 Å². The lowest BCUT2D eigenvalue weighted by Crippen LogP contribution is -2.58. The van der Waals surface area contributed by atoms with Crippen molar-refractivity contribution in [1.82, 2.24) is 9.88 Å². The van der Waals surface area contributed by atoms with Gasteiger partial charge in [0, 0.05) is 42.9 Å². The van der Waals surface area contributed by atoms with Gasteiger partial charge in [-0.25, -0.2) is 9.59 Å². The maximum atomic E-state index is 13.5. The second-order valence-electron chi connectivity index (χ2n) is 11.9. The Morgan fingerprint density at radius 3 is 2.52 bits per heavy atom. The molecule has 6 rings (SSSR count). The maximum absolute atomic E-state index is 13.5. The van der Waals surface area contributed by atoms with Crippen molar-refractivity contribution in [3.8, 4) is 17.2 Å². The minimum Gasteiger partial charge on any atom is -0.497 e. The Bertz CT molecular complexity index is 1620. The zero-order chi connectivity index (χ0) is 32.5. The fourth-order valence-electron chi connectivity index (χ4n) is 7.68. The molecule has 2 aliphatic heterocycles. The number of nitrogens with zero attached hydrogens (tertiary/aromatic N) is 1. The lowest BCUT2D eigenvalue weighted by atomic mass is 9.63. The van der Waals surface area contributed by atoms with Crippen molar-refractivity contribution in [2.75, 3.05) is 48.1 Å². The smallest absolute Gasteiger partial charge is 0.497 e.